The zero-order chi connectivity index (χ0) is 16.2. The third kappa shape index (κ3) is 4.52. The van der Waals surface area contributed by atoms with Gasteiger partial charge in [-0.25, -0.2) is 8.70 Å². The van der Waals surface area contributed by atoms with Crippen LogP contribution >= 0.6 is 35.4 Å². The molecule has 0 amide bonds. The quantitative estimate of drug-likeness (QED) is 0.536. The molecule has 122 valence electrons. The highest BCUT2D eigenvalue weighted by molar-refractivity contribution is 7.92. The maximum absolute atomic E-state index is 13.8. The standard InChI is InChI=1S/C16H14Cl2FNO2S/c17-13-3-4-16(12(7-13)9-20-5-6-22-23-20)21-10-11-1-2-14(18)8-15(11)19/h1-4,7-8H,5-6,9-10H2. The third-order valence-electron chi connectivity index (χ3n) is 3.35. The van der Waals surface area contributed by atoms with Crippen molar-refractivity contribution in [1.82, 2.24) is 4.31 Å². The number of ether oxygens (including phenoxy) is 1. The Hall–Kier alpha value is -0.980. The summed E-state index contributed by atoms with van der Waals surface area (Å²) < 4.78 is 27.0. The Labute approximate surface area is 148 Å². The van der Waals surface area contributed by atoms with Gasteiger partial charge in [-0.15, -0.1) is 0 Å². The van der Waals surface area contributed by atoms with E-state index in [1.165, 1.54) is 18.3 Å². The lowest BCUT2D eigenvalue weighted by Crippen LogP contribution is -2.13. The molecule has 2 aromatic carbocycles. The molecule has 0 radical (unpaired) electrons. The minimum Gasteiger partial charge on any atom is -0.488 e. The lowest BCUT2D eigenvalue weighted by Gasteiger charge is -2.16. The molecule has 1 aliphatic rings. The molecule has 0 atom stereocenters. The second-order valence-corrected chi connectivity index (χ2v) is 6.81. The topological polar surface area (TPSA) is 21.7 Å². The van der Waals surface area contributed by atoms with Gasteiger partial charge >= 0.3 is 0 Å². The first-order valence-corrected chi connectivity index (χ1v) is 8.47. The molecule has 0 N–H and O–H groups in total. The highest BCUT2D eigenvalue weighted by Gasteiger charge is 2.17. The Morgan fingerprint density at radius 2 is 1.91 bits per heavy atom. The summed E-state index contributed by atoms with van der Waals surface area (Å²) in [5, 5.41) is 1.000. The summed E-state index contributed by atoms with van der Waals surface area (Å²) in [6.45, 7) is 2.30. The van der Waals surface area contributed by atoms with Crippen LogP contribution in [0.4, 0.5) is 4.39 Å². The van der Waals surface area contributed by atoms with Crippen molar-refractivity contribution < 1.29 is 13.3 Å². The molecule has 0 aliphatic carbocycles. The van der Waals surface area contributed by atoms with Crippen molar-refractivity contribution in [1.29, 1.82) is 0 Å². The molecule has 1 heterocycles. The van der Waals surface area contributed by atoms with E-state index in [-0.39, 0.29) is 12.4 Å². The van der Waals surface area contributed by atoms with Gasteiger partial charge in [-0.2, -0.15) is 0 Å². The molecule has 0 spiro atoms. The lowest BCUT2D eigenvalue weighted by molar-refractivity contribution is 0.293. The van der Waals surface area contributed by atoms with Crippen molar-refractivity contribution in [3.63, 3.8) is 0 Å². The molecule has 1 aliphatic heterocycles. The van der Waals surface area contributed by atoms with Crippen molar-refractivity contribution in [3.8, 4) is 5.75 Å². The van der Waals surface area contributed by atoms with Gasteiger partial charge in [-0.05, 0) is 30.3 Å². The van der Waals surface area contributed by atoms with Crippen molar-refractivity contribution in [2.75, 3.05) is 13.2 Å². The molecular weight excluding hydrogens is 360 g/mol. The fourth-order valence-corrected chi connectivity index (χ4v) is 3.18. The van der Waals surface area contributed by atoms with E-state index in [4.69, 9.17) is 32.1 Å². The molecule has 2 aromatic rings. The number of benzene rings is 2. The summed E-state index contributed by atoms with van der Waals surface area (Å²) in [7, 11) is 0. The first kappa shape index (κ1) is 16.9. The van der Waals surface area contributed by atoms with Gasteiger partial charge in [0.2, 0.25) is 0 Å². The fraction of sp³-hybridized carbons (Fsp3) is 0.250. The van der Waals surface area contributed by atoms with Crippen molar-refractivity contribution in [2.24, 2.45) is 0 Å². The Morgan fingerprint density at radius 3 is 2.65 bits per heavy atom. The Balaban J connectivity index is 1.73. The van der Waals surface area contributed by atoms with E-state index in [0.717, 1.165) is 12.1 Å². The molecule has 0 aromatic heterocycles. The highest BCUT2D eigenvalue weighted by Crippen LogP contribution is 2.29. The zero-order valence-electron chi connectivity index (χ0n) is 12.1. The second kappa shape index (κ2) is 7.73. The first-order valence-electron chi connectivity index (χ1n) is 7.01. The number of nitrogens with zero attached hydrogens (tertiary/aromatic N) is 1. The zero-order valence-corrected chi connectivity index (χ0v) is 14.4. The Morgan fingerprint density at radius 1 is 1.13 bits per heavy atom. The summed E-state index contributed by atoms with van der Waals surface area (Å²) >= 11 is 13.2. The third-order valence-corrected chi connectivity index (χ3v) is 4.61. The summed E-state index contributed by atoms with van der Waals surface area (Å²) in [4.78, 5) is 0. The van der Waals surface area contributed by atoms with Crippen molar-refractivity contribution in [3.05, 3.63) is 63.4 Å². The highest BCUT2D eigenvalue weighted by atomic mass is 35.5. The van der Waals surface area contributed by atoms with Crippen LogP contribution in [-0.4, -0.2) is 17.5 Å². The molecule has 3 nitrogen and oxygen atoms in total. The van der Waals surface area contributed by atoms with Crippen molar-refractivity contribution >= 4 is 35.4 Å². The Bertz CT molecular complexity index is 696. The molecule has 7 heteroatoms. The predicted octanol–water partition coefficient (Wildman–Crippen LogP) is 5.11. The maximum atomic E-state index is 13.8. The van der Waals surface area contributed by atoms with Gasteiger partial charge in [0.15, 0.2) is 0 Å². The van der Waals surface area contributed by atoms with Crippen LogP contribution in [0.5, 0.6) is 5.75 Å². The first-order chi connectivity index (χ1) is 11.1. The molecule has 0 bridgehead atoms. The average Bonchev–Trinajstić information content (AvgIpc) is 3.01. The van der Waals surface area contributed by atoms with E-state index in [1.54, 1.807) is 24.3 Å². The summed E-state index contributed by atoms with van der Waals surface area (Å²) in [5.41, 5.74) is 1.39. The average molecular weight is 374 g/mol. The molecule has 1 saturated heterocycles. The fourth-order valence-electron chi connectivity index (χ4n) is 2.19. The van der Waals surface area contributed by atoms with E-state index >= 15 is 0 Å². The minimum absolute atomic E-state index is 0.126. The predicted molar refractivity (Wildman–Crippen MR) is 91.1 cm³/mol. The monoisotopic (exact) mass is 373 g/mol. The molecule has 0 saturated carbocycles. The summed E-state index contributed by atoms with van der Waals surface area (Å²) in [6.07, 6.45) is 0. The second-order valence-electron chi connectivity index (χ2n) is 5.04. The number of hydrogen-bond acceptors (Lipinski definition) is 4. The Kier molecular flexibility index (Phi) is 5.67. The molecule has 1 fully saturated rings. The number of halogens is 3. The smallest absolute Gasteiger partial charge is 0.131 e. The van der Waals surface area contributed by atoms with Gasteiger partial charge < -0.3 is 4.74 Å². The number of rotatable bonds is 5. The minimum atomic E-state index is -0.378. The van der Waals surface area contributed by atoms with Crippen LogP contribution in [0.15, 0.2) is 36.4 Å². The van der Waals surface area contributed by atoms with Crippen LogP contribution in [0.3, 0.4) is 0 Å². The van der Waals surface area contributed by atoms with Gasteiger partial charge in [0.05, 0.1) is 18.8 Å². The van der Waals surface area contributed by atoms with Gasteiger partial charge in [0.25, 0.3) is 0 Å². The molecule has 0 unspecified atom stereocenters. The molecular formula is C16H14Cl2FNO2S. The lowest BCUT2D eigenvalue weighted by atomic mass is 10.2. The van der Waals surface area contributed by atoms with E-state index in [2.05, 4.69) is 4.31 Å². The van der Waals surface area contributed by atoms with Crippen LogP contribution < -0.4 is 4.74 Å². The van der Waals surface area contributed by atoms with Gasteiger partial charge in [-0.1, -0.05) is 29.3 Å². The van der Waals surface area contributed by atoms with Gasteiger partial charge in [0.1, 0.15) is 18.2 Å². The normalized spacial score (nSPS) is 15.1. The van der Waals surface area contributed by atoms with Crippen LogP contribution in [0.25, 0.3) is 0 Å². The molecule has 23 heavy (non-hydrogen) atoms. The van der Waals surface area contributed by atoms with E-state index in [0.29, 0.717) is 34.5 Å². The SMILES string of the molecule is Fc1cc(Cl)ccc1COc1ccc(Cl)cc1CN1CCOS1. The largest absolute Gasteiger partial charge is 0.488 e. The van der Waals surface area contributed by atoms with Gasteiger partial charge in [0, 0.05) is 34.3 Å². The van der Waals surface area contributed by atoms with Crippen LogP contribution in [0, 0.1) is 5.82 Å². The summed E-state index contributed by atoms with van der Waals surface area (Å²) in [5.74, 6) is 0.299. The van der Waals surface area contributed by atoms with E-state index in [9.17, 15) is 4.39 Å². The van der Waals surface area contributed by atoms with Crippen LogP contribution in [-0.2, 0) is 17.3 Å². The van der Waals surface area contributed by atoms with Crippen molar-refractivity contribution in [2.45, 2.75) is 13.2 Å². The number of hydrogen-bond donors (Lipinski definition) is 0. The molecule has 3 rings (SSSR count). The van der Waals surface area contributed by atoms with Crippen LogP contribution in [0.2, 0.25) is 10.0 Å². The van der Waals surface area contributed by atoms with E-state index in [1.807, 2.05) is 6.07 Å². The van der Waals surface area contributed by atoms with Gasteiger partial charge in [-0.3, -0.25) is 4.18 Å². The summed E-state index contributed by atoms with van der Waals surface area (Å²) in [6, 6.07) is 9.95. The van der Waals surface area contributed by atoms with E-state index < -0.39 is 0 Å². The van der Waals surface area contributed by atoms with Crippen LogP contribution in [0.1, 0.15) is 11.1 Å². The maximum Gasteiger partial charge on any atom is 0.131 e.